The Morgan fingerprint density at radius 1 is 0.905 bits per heavy atom. The Balaban J connectivity index is 1.63. The predicted octanol–water partition coefficient (Wildman–Crippen LogP) is 4.52. The van der Waals surface area contributed by atoms with Crippen LogP contribution >= 0.6 is 0 Å². The van der Waals surface area contributed by atoms with Crippen LogP contribution in [0.3, 0.4) is 0 Å². The van der Waals surface area contributed by atoms with Gasteiger partial charge >= 0.3 is 0 Å². The van der Waals surface area contributed by atoms with Crippen LogP contribution in [0.4, 0.5) is 8.78 Å². The minimum atomic E-state index is -0.644. The van der Waals surface area contributed by atoms with Gasteiger partial charge in [0.15, 0.2) is 6.29 Å². The van der Waals surface area contributed by atoms with Crippen molar-refractivity contribution in [2.45, 2.75) is 45.3 Å². The smallest absolute Gasteiger partial charge is 0.184 e. The fourth-order valence-electron chi connectivity index (χ4n) is 3.39. The average molecular weight is 296 g/mol. The largest absolute Gasteiger partial charge is 0.348 e. The molecule has 0 spiro atoms. The van der Waals surface area contributed by atoms with E-state index in [4.69, 9.17) is 9.47 Å². The van der Waals surface area contributed by atoms with E-state index >= 15 is 0 Å². The van der Waals surface area contributed by atoms with E-state index in [0.717, 1.165) is 0 Å². The lowest BCUT2D eigenvalue weighted by Crippen LogP contribution is -2.33. The van der Waals surface area contributed by atoms with E-state index in [9.17, 15) is 8.78 Å². The summed E-state index contributed by atoms with van der Waals surface area (Å²) in [5.41, 5.74) is 0.465. The summed E-state index contributed by atoms with van der Waals surface area (Å²) in [6, 6.07) is 2.62. The summed E-state index contributed by atoms with van der Waals surface area (Å²) >= 11 is 0. The van der Waals surface area contributed by atoms with Gasteiger partial charge in [0, 0.05) is 17.0 Å². The second-order valence-corrected chi connectivity index (χ2v) is 6.27. The molecule has 2 nitrogen and oxygen atoms in total. The lowest BCUT2D eigenvalue weighted by molar-refractivity contribution is -0.214. The lowest BCUT2D eigenvalue weighted by Gasteiger charge is -2.36. The van der Waals surface area contributed by atoms with E-state index in [0.29, 0.717) is 30.6 Å². The number of hydrogen-bond donors (Lipinski definition) is 0. The average Bonchev–Trinajstić information content (AvgIpc) is 2.53. The molecule has 1 heterocycles. The summed E-state index contributed by atoms with van der Waals surface area (Å²) in [4.78, 5) is 0. The molecule has 1 saturated carbocycles. The van der Waals surface area contributed by atoms with E-state index < -0.39 is 17.9 Å². The Bertz CT molecular complexity index is 467. The van der Waals surface area contributed by atoms with Crippen molar-refractivity contribution in [1.29, 1.82) is 0 Å². The standard InChI is InChI=1S/C17H22F2O2/c1-11-15(18)7-13(8-16(11)19)17-20-9-14(10-21-17)12-5-3-2-4-6-12/h7-8,12,14,17H,2-6,9-10H2,1H3. The number of benzene rings is 1. The highest BCUT2D eigenvalue weighted by Gasteiger charge is 2.30. The van der Waals surface area contributed by atoms with Gasteiger partial charge in [-0.2, -0.15) is 0 Å². The van der Waals surface area contributed by atoms with Gasteiger partial charge in [-0.05, 0) is 25.0 Å². The first-order valence-corrected chi connectivity index (χ1v) is 7.84. The topological polar surface area (TPSA) is 18.5 Å². The molecule has 0 aromatic heterocycles. The van der Waals surface area contributed by atoms with Gasteiger partial charge in [0.05, 0.1) is 13.2 Å². The SMILES string of the molecule is Cc1c(F)cc(C2OCC(C3CCCCC3)CO2)cc1F. The van der Waals surface area contributed by atoms with Crippen molar-refractivity contribution < 1.29 is 18.3 Å². The van der Waals surface area contributed by atoms with Crippen molar-refractivity contribution in [3.63, 3.8) is 0 Å². The van der Waals surface area contributed by atoms with Gasteiger partial charge in [-0.3, -0.25) is 0 Å². The van der Waals surface area contributed by atoms with Gasteiger partial charge in [-0.15, -0.1) is 0 Å². The number of rotatable bonds is 2. The fraction of sp³-hybridized carbons (Fsp3) is 0.647. The molecule has 2 aliphatic rings. The van der Waals surface area contributed by atoms with Crippen LogP contribution < -0.4 is 0 Å². The van der Waals surface area contributed by atoms with Crippen LogP contribution in [0.25, 0.3) is 0 Å². The molecule has 1 saturated heterocycles. The van der Waals surface area contributed by atoms with Gasteiger partial charge < -0.3 is 9.47 Å². The summed E-state index contributed by atoms with van der Waals surface area (Å²) in [7, 11) is 0. The third-order valence-electron chi connectivity index (χ3n) is 4.82. The molecule has 1 aromatic rings. The third-order valence-corrected chi connectivity index (χ3v) is 4.82. The van der Waals surface area contributed by atoms with E-state index in [1.165, 1.54) is 51.2 Å². The lowest BCUT2D eigenvalue weighted by atomic mass is 9.80. The molecular weight excluding hydrogens is 274 g/mol. The van der Waals surface area contributed by atoms with Crippen LogP contribution in [0, 0.1) is 30.4 Å². The van der Waals surface area contributed by atoms with Crippen LogP contribution in [0.1, 0.15) is 49.5 Å². The highest BCUT2D eigenvalue weighted by Crippen LogP contribution is 2.35. The van der Waals surface area contributed by atoms with Crippen LogP contribution in [0.5, 0.6) is 0 Å². The van der Waals surface area contributed by atoms with Gasteiger partial charge in [0.25, 0.3) is 0 Å². The zero-order valence-corrected chi connectivity index (χ0v) is 12.4. The number of halogens is 2. The molecule has 1 aliphatic heterocycles. The Morgan fingerprint density at radius 2 is 1.48 bits per heavy atom. The summed E-state index contributed by atoms with van der Waals surface area (Å²) < 4.78 is 38.7. The summed E-state index contributed by atoms with van der Waals surface area (Å²) in [6.07, 6.45) is 5.76. The van der Waals surface area contributed by atoms with Crippen molar-refractivity contribution >= 4 is 0 Å². The van der Waals surface area contributed by atoms with Crippen molar-refractivity contribution in [1.82, 2.24) is 0 Å². The van der Waals surface area contributed by atoms with Crippen molar-refractivity contribution in [3.8, 4) is 0 Å². The zero-order valence-electron chi connectivity index (χ0n) is 12.4. The van der Waals surface area contributed by atoms with Crippen molar-refractivity contribution in [2.75, 3.05) is 13.2 Å². The Kier molecular flexibility index (Phi) is 4.55. The Morgan fingerprint density at radius 3 is 2.05 bits per heavy atom. The maximum Gasteiger partial charge on any atom is 0.184 e. The monoisotopic (exact) mass is 296 g/mol. The van der Waals surface area contributed by atoms with Gasteiger partial charge in [0.2, 0.25) is 0 Å². The van der Waals surface area contributed by atoms with Crippen molar-refractivity contribution in [2.24, 2.45) is 11.8 Å². The molecule has 1 aromatic carbocycles. The molecule has 0 radical (unpaired) electrons. The molecular formula is C17H22F2O2. The molecule has 21 heavy (non-hydrogen) atoms. The van der Waals surface area contributed by atoms with Crippen LogP contribution in [-0.2, 0) is 9.47 Å². The Hall–Kier alpha value is -1.00. The van der Waals surface area contributed by atoms with Crippen molar-refractivity contribution in [3.05, 3.63) is 34.9 Å². The first-order valence-electron chi connectivity index (χ1n) is 7.84. The van der Waals surface area contributed by atoms with E-state index in [2.05, 4.69) is 0 Å². The molecule has 0 atom stereocenters. The quantitative estimate of drug-likeness (QED) is 0.799. The maximum absolute atomic E-state index is 13.6. The van der Waals surface area contributed by atoms with E-state index in [-0.39, 0.29) is 5.56 Å². The highest BCUT2D eigenvalue weighted by molar-refractivity contribution is 5.26. The van der Waals surface area contributed by atoms with E-state index in [1.54, 1.807) is 0 Å². The molecule has 0 N–H and O–H groups in total. The second kappa shape index (κ2) is 6.41. The minimum absolute atomic E-state index is 0.0367. The van der Waals surface area contributed by atoms with Crippen LogP contribution in [0.2, 0.25) is 0 Å². The molecule has 0 amide bonds. The molecule has 1 aliphatic carbocycles. The van der Waals surface area contributed by atoms with Gasteiger partial charge in [0.1, 0.15) is 11.6 Å². The van der Waals surface area contributed by atoms with Crippen LogP contribution in [0.15, 0.2) is 12.1 Å². The number of ether oxygens (including phenoxy) is 2. The van der Waals surface area contributed by atoms with Gasteiger partial charge in [-0.25, -0.2) is 8.78 Å². The fourth-order valence-corrected chi connectivity index (χ4v) is 3.39. The first kappa shape index (κ1) is 14.9. The Labute approximate surface area is 124 Å². The molecule has 4 heteroatoms. The van der Waals surface area contributed by atoms with E-state index in [1.807, 2.05) is 0 Å². The normalized spacial score (nSPS) is 27.8. The number of hydrogen-bond acceptors (Lipinski definition) is 2. The maximum atomic E-state index is 13.6. The summed E-state index contributed by atoms with van der Waals surface area (Å²) in [5.74, 6) is -0.00825. The summed E-state index contributed by atoms with van der Waals surface area (Å²) in [6.45, 7) is 2.66. The highest BCUT2D eigenvalue weighted by atomic mass is 19.1. The van der Waals surface area contributed by atoms with Gasteiger partial charge in [-0.1, -0.05) is 32.1 Å². The molecule has 0 bridgehead atoms. The second-order valence-electron chi connectivity index (χ2n) is 6.27. The molecule has 0 unspecified atom stereocenters. The first-order chi connectivity index (χ1) is 10.1. The third kappa shape index (κ3) is 3.27. The minimum Gasteiger partial charge on any atom is -0.348 e. The molecule has 2 fully saturated rings. The van der Waals surface area contributed by atoms with Crippen LogP contribution in [-0.4, -0.2) is 13.2 Å². The molecule has 116 valence electrons. The zero-order chi connectivity index (χ0) is 14.8. The predicted molar refractivity (Wildman–Crippen MR) is 75.8 cm³/mol. The summed E-state index contributed by atoms with van der Waals surface area (Å²) in [5, 5.41) is 0. The molecule has 3 rings (SSSR count).